The van der Waals surface area contributed by atoms with Gasteiger partial charge in [0.25, 0.3) is 0 Å². The third kappa shape index (κ3) is 7.75. The lowest BCUT2D eigenvalue weighted by molar-refractivity contribution is -0.143. The van der Waals surface area contributed by atoms with Crippen molar-refractivity contribution in [2.45, 2.75) is 50.2 Å². The van der Waals surface area contributed by atoms with Crippen LogP contribution in [0.1, 0.15) is 38.5 Å². The molecular weight excluding hydrogens is 371 g/mol. The average molecular weight is 408 g/mol. The van der Waals surface area contributed by atoms with E-state index in [9.17, 15) is 13.2 Å². The SMILES string of the molecule is CN=C(NCCCN(C)CC(F)(F)F)NCC1(N2CCOCC2)CCCCC1. The molecule has 0 atom stereocenters. The van der Waals surface area contributed by atoms with E-state index < -0.39 is 12.7 Å². The average Bonchev–Trinajstić information content (AvgIpc) is 2.67. The topological polar surface area (TPSA) is 52.1 Å². The van der Waals surface area contributed by atoms with Crippen molar-refractivity contribution in [2.75, 3.05) is 66.6 Å². The molecule has 164 valence electrons. The van der Waals surface area contributed by atoms with Crippen molar-refractivity contribution in [1.82, 2.24) is 20.4 Å². The van der Waals surface area contributed by atoms with E-state index >= 15 is 0 Å². The van der Waals surface area contributed by atoms with Gasteiger partial charge in [-0.1, -0.05) is 19.3 Å². The Bertz CT molecular complexity index is 475. The number of hydrogen-bond donors (Lipinski definition) is 2. The largest absolute Gasteiger partial charge is 0.401 e. The summed E-state index contributed by atoms with van der Waals surface area (Å²) in [5.41, 5.74) is 0.145. The third-order valence-electron chi connectivity index (χ3n) is 5.73. The number of halogens is 3. The van der Waals surface area contributed by atoms with Gasteiger partial charge in [0.1, 0.15) is 0 Å². The summed E-state index contributed by atoms with van der Waals surface area (Å²) in [6, 6.07) is 0. The molecule has 28 heavy (non-hydrogen) atoms. The van der Waals surface area contributed by atoms with Gasteiger partial charge in [0.05, 0.1) is 19.8 Å². The lowest BCUT2D eigenvalue weighted by Crippen LogP contribution is -2.60. The minimum atomic E-state index is -4.15. The smallest absolute Gasteiger partial charge is 0.379 e. The number of guanidine groups is 1. The monoisotopic (exact) mass is 407 g/mol. The highest BCUT2D eigenvalue weighted by atomic mass is 19.4. The van der Waals surface area contributed by atoms with Gasteiger partial charge in [0.15, 0.2) is 5.96 Å². The minimum Gasteiger partial charge on any atom is -0.379 e. The molecule has 1 saturated carbocycles. The molecule has 1 aliphatic carbocycles. The van der Waals surface area contributed by atoms with Gasteiger partial charge in [-0.3, -0.25) is 14.8 Å². The number of hydrogen-bond acceptors (Lipinski definition) is 4. The zero-order chi connectivity index (χ0) is 20.5. The van der Waals surface area contributed by atoms with Crippen LogP contribution in [-0.4, -0.2) is 94.1 Å². The summed E-state index contributed by atoms with van der Waals surface area (Å²) in [6.45, 7) is 4.47. The van der Waals surface area contributed by atoms with Crippen LogP contribution in [0.5, 0.6) is 0 Å². The number of rotatable bonds is 8. The fourth-order valence-corrected chi connectivity index (χ4v) is 4.26. The van der Waals surface area contributed by atoms with Gasteiger partial charge in [0, 0.05) is 38.8 Å². The molecule has 9 heteroatoms. The van der Waals surface area contributed by atoms with Crippen LogP contribution in [0.4, 0.5) is 13.2 Å². The first-order valence-corrected chi connectivity index (χ1v) is 10.4. The lowest BCUT2D eigenvalue weighted by Gasteiger charge is -2.48. The van der Waals surface area contributed by atoms with Crippen molar-refractivity contribution >= 4 is 5.96 Å². The normalized spacial score (nSPS) is 21.7. The number of morpholine rings is 1. The lowest BCUT2D eigenvalue weighted by atomic mass is 9.80. The quantitative estimate of drug-likeness (QED) is 0.367. The summed E-state index contributed by atoms with van der Waals surface area (Å²) in [6.07, 6.45) is 2.63. The van der Waals surface area contributed by atoms with Crippen molar-refractivity contribution in [3.05, 3.63) is 0 Å². The predicted octanol–water partition coefficient (Wildman–Crippen LogP) is 2.07. The maximum absolute atomic E-state index is 12.4. The highest BCUT2D eigenvalue weighted by molar-refractivity contribution is 5.79. The second-order valence-electron chi connectivity index (χ2n) is 7.94. The fraction of sp³-hybridized carbons (Fsp3) is 0.947. The molecule has 6 nitrogen and oxygen atoms in total. The first-order valence-electron chi connectivity index (χ1n) is 10.4. The molecule has 0 bridgehead atoms. The Morgan fingerprint density at radius 1 is 1.14 bits per heavy atom. The molecular formula is C19H36F3N5O. The summed E-state index contributed by atoms with van der Waals surface area (Å²) in [7, 11) is 3.23. The van der Waals surface area contributed by atoms with Crippen molar-refractivity contribution in [3.63, 3.8) is 0 Å². The number of nitrogens with one attached hydrogen (secondary N) is 2. The zero-order valence-corrected chi connectivity index (χ0v) is 17.3. The van der Waals surface area contributed by atoms with Gasteiger partial charge in [-0.05, 0) is 32.9 Å². The van der Waals surface area contributed by atoms with Crippen LogP contribution in [0.3, 0.4) is 0 Å². The summed E-state index contributed by atoms with van der Waals surface area (Å²) in [5, 5.41) is 6.70. The van der Waals surface area contributed by atoms with E-state index in [4.69, 9.17) is 4.74 Å². The molecule has 1 aliphatic heterocycles. The minimum absolute atomic E-state index is 0.145. The summed E-state index contributed by atoms with van der Waals surface area (Å²) >= 11 is 0. The molecule has 0 aromatic carbocycles. The van der Waals surface area contributed by atoms with E-state index in [2.05, 4.69) is 20.5 Å². The number of ether oxygens (including phenoxy) is 1. The van der Waals surface area contributed by atoms with Crippen molar-refractivity contribution < 1.29 is 17.9 Å². The molecule has 2 aliphatic rings. The maximum atomic E-state index is 12.4. The van der Waals surface area contributed by atoms with Crippen LogP contribution in [-0.2, 0) is 4.74 Å². The van der Waals surface area contributed by atoms with E-state index in [1.165, 1.54) is 44.1 Å². The predicted molar refractivity (Wildman–Crippen MR) is 106 cm³/mol. The van der Waals surface area contributed by atoms with Gasteiger partial charge >= 0.3 is 6.18 Å². The molecule has 2 fully saturated rings. The molecule has 0 amide bonds. The fourth-order valence-electron chi connectivity index (χ4n) is 4.26. The highest BCUT2D eigenvalue weighted by Crippen LogP contribution is 2.33. The Morgan fingerprint density at radius 2 is 1.82 bits per heavy atom. The Hall–Kier alpha value is -1.06. The molecule has 0 unspecified atom stereocenters. The zero-order valence-electron chi connectivity index (χ0n) is 17.3. The molecule has 0 spiro atoms. The van der Waals surface area contributed by atoms with E-state index in [1.807, 2.05) is 0 Å². The standard InChI is InChI=1S/C19H36F3N5O/c1-23-17(24-9-6-10-26(2)16-19(20,21)22)25-15-18(7-4-3-5-8-18)27-11-13-28-14-12-27/h3-16H2,1-2H3,(H2,23,24,25). The van der Waals surface area contributed by atoms with Crippen molar-refractivity contribution in [1.29, 1.82) is 0 Å². The molecule has 0 radical (unpaired) electrons. The van der Waals surface area contributed by atoms with Crippen molar-refractivity contribution in [2.24, 2.45) is 4.99 Å². The van der Waals surface area contributed by atoms with Crippen LogP contribution in [0, 0.1) is 0 Å². The van der Waals surface area contributed by atoms with Gasteiger partial charge < -0.3 is 15.4 Å². The van der Waals surface area contributed by atoms with Crippen LogP contribution < -0.4 is 10.6 Å². The van der Waals surface area contributed by atoms with Gasteiger partial charge in [-0.25, -0.2) is 0 Å². The summed E-state index contributed by atoms with van der Waals surface area (Å²) < 4.78 is 42.6. The number of alkyl halides is 3. The Balaban J connectivity index is 1.76. The Kier molecular flexibility index (Phi) is 9.30. The van der Waals surface area contributed by atoms with E-state index in [0.717, 1.165) is 38.8 Å². The van der Waals surface area contributed by atoms with Crippen LogP contribution in [0.15, 0.2) is 4.99 Å². The second kappa shape index (κ2) is 11.2. The van der Waals surface area contributed by atoms with Crippen LogP contribution >= 0.6 is 0 Å². The Morgan fingerprint density at radius 3 is 2.43 bits per heavy atom. The first kappa shape index (κ1) is 23.2. The second-order valence-corrected chi connectivity index (χ2v) is 7.94. The maximum Gasteiger partial charge on any atom is 0.401 e. The molecule has 1 heterocycles. The summed E-state index contributed by atoms with van der Waals surface area (Å²) in [5.74, 6) is 0.719. The molecule has 0 aromatic rings. The van der Waals surface area contributed by atoms with Crippen LogP contribution in [0.25, 0.3) is 0 Å². The number of aliphatic imine (C=N–C) groups is 1. The molecule has 2 rings (SSSR count). The van der Waals surface area contributed by atoms with Gasteiger partial charge in [0.2, 0.25) is 0 Å². The van der Waals surface area contributed by atoms with Gasteiger partial charge in [-0.15, -0.1) is 0 Å². The molecule has 2 N–H and O–H groups in total. The highest BCUT2D eigenvalue weighted by Gasteiger charge is 2.38. The number of nitrogens with zero attached hydrogens (tertiary/aromatic N) is 3. The van der Waals surface area contributed by atoms with E-state index in [1.54, 1.807) is 7.05 Å². The third-order valence-corrected chi connectivity index (χ3v) is 5.73. The molecule has 0 aromatic heterocycles. The van der Waals surface area contributed by atoms with Gasteiger partial charge in [-0.2, -0.15) is 13.2 Å². The first-order chi connectivity index (χ1) is 13.3. The van der Waals surface area contributed by atoms with E-state index in [-0.39, 0.29) is 5.54 Å². The summed E-state index contributed by atoms with van der Waals surface area (Å²) in [4.78, 5) is 8.15. The van der Waals surface area contributed by atoms with E-state index in [0.29, 0.717) is 19.5 Å². The Labute approximate surface area is 166 Å². The molecule has 1 saturated heterocycles. The van der Waals surface area contributed by atoms with Crippen LogP contribution in [0.2, 0.25) is 0 Å². The van der Waals surface area contributed by atoms with Crippen molar-refractivity contribution in [3.8, 4) is 0 Å².